The second-order valence-electron chi connectivity index (χ2n) is 5.83. The highest BCUT2D eigenvalue weighted by atomic mass is 127. The molecule has 2 heterocycles. The fourth-order valence-electron chi connectivity index (χ4n) is 3.45. The second kappa shape index (κ2) is 5.00. The second-order valence-corrected chi connectivity index (χ2v) is 6.99. The number of nitrogens with one attached hydrogen (secondary N) is 1. The summed E-state index contributed by atoms with van der Waals surface area (Å²) in [6.07, 6.45) is 5.39. The minimum Gasteiger partial charge on any atom is -0.382 e. The van der Waals surface area contributed by atoms with Crippen LogP contribution in [0.4, 0.5) is 5.69 Å². The van der Waals surface area contributed by atoms with Gasteiger partial charge in [0.05, 0.1) is 0 Å². The number of rotatable bonds is 2. The fraction of sp³-hybridized carbons (Fsp3) is 0.600. The third kappa shape index (κ3) is 2.39. The molecule has 3 rings (SSSR count). The number of halogens is 1. The van der Waals surface area contributed by atoms with Gasteiger partial charge in [-0.05, 0) is 79.9 Å². The molecule has 0 spiro atoms. The van der Waals surface area contributed by atoms with Crippen LogP contribution in [0.2, 0.25) is 0 Å². The molecular weight excluding hydrogens is 335 g/mol. The van der Waals surface area contributed by atoms with Crippen LogP contribution < -0.4 is 5.32 Å². The molecular formula is C15H21IN2. The zero-order valence-electron chi connectivity index (χ0n) is 11.1. The van der Waals surface area contributed by atoms with E-state index in [1.54, 1.807) is 0 Å². The van der Waals surface area contributed by atoms with Crippen molar-refractivity contribution in [2.75, 3.05) is 12.4 Å². The standard InChI is InChI=1S/C15H21IN2/c1-10-3-4-11(9-15(10)16)17-12-7-13-5-6-14(8-12)18(13)2/h3-4,9,12-14,17H,5-8H2,1-2H3. The lowest BCUT2D eigenvalue weighted by atomic mass is 9.97. The maximum absolute atomic E-state index is 3.74. The van der Waals surface area contributed by atoms with Crippen LogP contribution in [0.15, 0.2) is 18.2 Å². The Kier molecular flexibility index (Phi) is 3.54. The van der Waals surface area contributed by atoms with E-state index in [4.69, 9.17) is 0 Å². The Balaban J connectivity index is 1.68. The van der Waals surface area contributed by atoms with Gasteiger partial charge in [-0.3, -0.25) is 0 Å². The molecule has 0 radical (unpaired) electrons. The first-order valence-corrected chi connectivity index (χ1v) is 7.96. The van der Waals surface area contributed by atoms with E-state index in [1.165, 1.54) is 40.5 Å². The summed E-state index contributed by atoms with van der Waals surface area (Å²) in [6, 6.07) is 9.00. The highest BCUT2D eigenvalue weighted by Crippen LogP contribution is 2.35. The summed E-state index contributed by atoms with van der Waals surface area (Å²) in [5, 5.41) is 3.74. The van der Waals surface area contributed by atoms with E-state index >= 15 is 0 Å². The molecule has 2 atom stereocenters. The summed E-state index contributed by atoms with van der Waals surface area (Å²) in [4.78, 5) is 2.59. The quantitative estimate of drug-likeness (QED) is 0.814. The van der Waals surface area contributed by atoms with Crippen LogP contribution in [0.1, 0.15) is 31.2 Å². The van der Waals surface area contributed by atoms with Gasteiger partial charge < -0.3 is 10.2 Å². The third-order valence-corrected chi connectivity index (χ3v) is 5.80. The van der Waals surface area contributed by atoms with Crippen molar-refractivity contribution in [3.63, 3.8) is 0 Å². The molecule has 3 heteroatoms. The van der Waals surface area contributed by atoms with Crippen LogP contribution in [0.3, 0.4) is 0 Å². The van der Waals surface area contributed by atoms with E-state index in [9.17, 15) is 0 Å². The van der Waals surface area contributed by atoms with Gasteiger partial charge in [-0.25, -0.2) is 0 Å². The number of nitrogens with zero attached hydrogens (tertiary/aromatic N) is 1. The van der Waals surface area contributed by atoms with E-state index in [-0.39, 0.29) is 0 Å². The van der Waals surface area contributed by atoms with Crippen LogP contribution in [0.25, 0.3) is 0 Å². The van der Waals surface area contributed by atoms with Crippen LogP contribution in [0.5, 0.6) is 0 Å². The Bertz CT molecular complexity index is 432. The maximum Gasteiger partial charge on any atom is 0.0353 e. The smallest absolute Gasteiger partial charge is 0.0353 e. The third-order valence-electron chi connectivity index (χ3n) is 4.64. The predicted molar refractivity (Wildman–Crippen MR) is 85.1 cm³/mol. The van der Waals surface area contributed by atoms with Crippen molar-refractivity contribution >= 4 is 28.3 Å². The number of benzene rings is 1. The van der Waals surface area contributed by atoms with E-state index in [0.717, 1.165) is 12.1 Å². The van der Waals surface area contributed by atoms with Gasteiger partial charge in [0, 0.05) is 27.4 Å². The van der Waals surface area contributed by atoms with Gasteiger partial charge >= 0.3 is 0 Å². The minimum absolute atomic E-state index is 0.664. The number of anilines is 1. The molecule has 0 amide bonds. The molecule has 2 unspecified atom stereocenters. The van der Waals surface area contributed by atoms with Gasteiger partial charge in [0.2, 0.25) is 0 Å². The lowest BCUT2D eigenvalue weighted by Crippen LogP contribution is -2.44. The van der Waals surface area contributed by atoms with E-state index in [2.05, 4.69) is 65.0 Å². The van der Waals surface area contributed by atoms with Crippen LogP contribution in [0, 0.1) is 10.5 Å². The molecule has 98 valence electrons. The van der Waals surface area contributed by atoms with Gasteiger partial charge in [0.15, 0.2) is 0 Å². The van der Waals surface area contributed by atoms with Gasteiger partial charge in [-0.1, -0.05) is 6.07 Å². The van der Waals surface area contributed by atoms with Crippen molar-refractivity contribution in [3.05, 3.63) is 27.3 Å². The molecule has 2 nitrogen and oxygen atoms in total. The predicted octanol–water partition coefficient (Wildman–Crippen LogP) is 3.64. The number of piperidine rings is 1. The van der Waals surface area contributed by atoms with Crippen molar-refractivity contribution in [2.45, 2.75) is 50.7 Å². The molecule has 2 saturated heterocycles. The minimum atomic E-state index is 0.664. The first-order chi connectivity index (χ1) is 8.63. The maximum atomic E-state index is 3.74. The summed E-state index contributed by atoms with van der Waals surface area (Å²) < 4.78 is 1.36. The summed E-state index contributed by atoms with van der Waals surface area (Å²) in [5.41, 5.74) is 2.66. The SMILES string of the molecule is Cc1ccc(NC2CC3CCC(C2)N3C)cc1I. The number of hydrogen-bond acceptors (Lipinski definition) is 2. The first-order valence-electron chi connectivity index (χ1n) is 6.88. The lowest BCUT2D eigenvalue weighted by Gasteiger charge is -2.37. The number of aryl methyl sites for hydroxylation is 1. The zero-order valence-corrected chi connectivity index (χ0v) is 13.3. The highest BCUT2D eigenvalue weighted by Gasteiger charge is 2.38. The van der Waals surface area contributed by atoms with Crippen molar-refractivity contribution in [3.8, 4) is 0 Å². The van der Waals surface area contributed by atoms with Crippen LogP contribution in [-0.2, 0) is 0 Å². The number of hydrogen-bond donors (Lipinski definition) is 1. The molecule has 2 aliphatic rings. The average molecular weight is 356 g/mol. The normalized spacial score (nSPS) is 31.6. The van der Waals surface area contributed by atoms with Crippen molar-refractivity contribution in [1.29, 1.82) is 0 Å². The Morgan fingerprint density at radius 1 is 1.22 bits per heavy atom. The van der Waals surface area contributed by atoms with Gasteiger partial charge in [0.25, 0.3) is 0 Å². The summed E-state index contributed by atoms with van der Waals surface area (Å²) in [6.45, 7) is 2.17. The Morgan fingerprint density at radius 2 is 1.89 bits per heavy atom. The molecule has 18 heavy (non-hydrogen) atoms. The molecule has 0 saturated carbocycles. The Morgan fingerprint density at radius 3 is 2.50 bits per heavy atom. The van der Waals surface area contributed by atoms with Gasteiger partial charge in [-0.15, -0.1) is 0 Å². The van der Waals surface area contributed by atoms with Crippen LogP contribution >= 0.6 is 22.6 Å². The molecule has 0 aromatic heterocycles. The van der Waals surface area contributed by atoms with E-state index in [0.29, 0.717) is 6.04 Å². The average Bonchev–Trinajstić information content (AvgIpc) is 2.58. The fourth-order valence-corrected chi connectivity index (χ4v) is 3.96. The van der Waals surface area contributed by atoms with Crippen molar-refractivity contribution < 1.29 is 0 Å². The molecule has 2 fully saturated rings. The molecule has 1 aromatic carbocycles. The lowest BCUT2D eigenvalue weighted by molar-refractivity contribution is 0.169. The molecule has 1 N–H and O–H groups in total. The monoisotopic (exact) mass is 356 g/mol. The topological polar surface area (TPSA) is 15.3 Å². The van der Waals surface area contributed by atoms with Crippen molar-refractivity contribution in [1.82, 2.24) is 4.90 Å². The summed E-state index contributed by atoms with van der Waals surface area (Å²) in [5.74, 6) is 0. The number of fused-ring (bicyclic) bond motifs is 2. The largest absolute Gasteiger partial charge is 0.382 e. The molecule has 2 bridgehead atoms. The molecule has 2 aliphatic heterocycles. The van der Waals surface area contributed by atoms with Crippen molar-refractivity contribution in [2.24, 2.45) is 0 Å². The zero-order chi connectivity index (χ0) is 12.7. The summed E-state index contributed by atoms with van der Waals surface area (Å²) >= 11 is 2.42. The summed E-state index contributed by atoms with van der Waals surface area (Å²) in [7, 11) is 2.30. The Labute approximate surface area is 123 Å². The first kappa shape index (κ1) is 12.7. The van der Waals surface area contributed by atoms with Gasteiger partial charge in [-0.2, -0.15) is 0 Å². The van der Waals surface area contributed by atoms with E-state index < -0.39 is 0 Å². The Hall–Kier alpha value is -0.290. The van der Waals surface area contributed by atoms with E-state index in [1.807, 2.05) is 0 Å². The highest BCUT2D eigenvalue weighted by molar-refractivity contribution is 14.1. The molecule has 0 aliphatic carbocycles. The molecule has 1 aromatic rings. The van der Waals surface area contributed by atoms with Gasteiger partial charge in [0.1, 0.15) is 0 Å². The van der Waals surface area contributed by atoms with Crippen LogP contribution in [-0.4, -0.2) is 30.1 Å².